The Morgan fingerprint density at radius 3 is 2.28 bits per heavy atom. The summed E-state index contributed by atoms with van der Waals surface area (Å²) < 4.78 is 10.3. The minimum absolute atomic E-state index is 0.115. The molecule has 0 radical (unpaired) electrons. The van der Waals surface area contributed by atoms with Gasteiger partial charge in [-0.25, -0.2) is 0 Å². The number of benzene rings is 1. The van der Waals surface area contributed by atoms with Gasteiger partial charge in [0.05, 0.1) is 18.4 Å². The summed E-state index contributed by atoms with van der Waals surface area (Å²) in [5.41, 5.74) is 8.48. The van der Waals surface area contributed by atoms with Crippen LogP contribution in [0.4, 0.5) is 5.88 Å². The normalized spacial score (nSPS) is 11.6. The van der Waals surface area contributed by atoms with Crippen LogP contribution in [0, 0.1) is 0 Å². The van der Waals surface area contributed by atoms with Crippen molar-refractivity contribution in [2.24, 2.45) is 0 Å². The van der Waals surface area contributed by atoms with E-state index < -0.39 is 0 Å². The highest BCUT2D eigenvalue weighted by atomic mass is 16.5. The van der Waals surface area contributed by atoms with Crippen molar-refractivity contribution in [2.75, 3.05) is 12.8 Å². The van der Waals surface area contributed by atoms with Crippen LogP contribution >= 0.6 is 0 Å². The molecule has 0 spiro atoms. The number of rotatable bonds is 2. The molecule has 0 saturated heterocycles. The van der Waals surface area contributed by atoms with Gasteiger partial charge in [-0.15, -0.1) is 0 Å². The molecule has 0 unspecified atom stereocenters. The first-order valence-electron chi connectivity index (χ1n) is 5.83. The van der Waals surface area contributed by atoms with Crippen molar-refractivity contribution < 1.29 is 9.26 Å². The second-order valence-corrected chi connectivity index (χ2v) is 5.25. The Kier molecular flexibility index (Phi) is 3.03. The van der Waals surface area contributed by atoms with Crippen LogP contribution in [-0.2, 0) is 5.41 Å². The minimum atomic E-state index is -0.115. The fourth-order valence-corrected chi connectivity index (χ4v) is 1.85. The number of anilines is 1. The molecule has 0 saturated carbocycles. The monoisotopic (exact) mass is 246 g/mol. The smallest absolute Gasteiger partial charge is 0.230 e. The number of nitrogen functional groups attached to an aromatic ring is 1. The molecule has 2 N–H and O–H groups in total. The highest BCUT2D eigenvalue weighted by Gasteiger charge is 2.26. The van der Waals surface area contributed by atoms with Crippen molar-refractivity contribution in [3.8, 4) is 16.9 Å². The molecule has 0 atom stereocenters. The summed E-state index contributed by atoms with van der Waals surface area (Å²) in [6.45, 7) is 6.24. The molecule has 1 aromatic carbocycles. The second-order valence-electron chi connectivity index (χ2n) is 5.25. The van der Waals surface area contributed by atoms with E-state index in [-0.39, 0.29) is 5.41 Å². The van der Waals surface area contributed by atoms with Crippen molar-refractivity contribution in [2.45, 2.75) is 26.2 Å². The number of ether oxygens (including phenoxy) is 1. The highest BCUT2D eigenvalue weighted by molar-refractivity contribution is 5.76. The topological polar surface area (TPSA) is 61.3 Å². The predicted octanol–water partition coefficient (Wildman–Crippen LogP) is 3.23. The van der Waals surface area contributed by atoms with Gasteiger partial charge < -0.3 is 15.0 Å². The SMILES string of the molecule is COc1ccc(-c2c(C(C)(C)C)noc2N)cc1. The summed E-state index contributed by atoms with van der Waals surface area (Å²) >= 11 is 0. The molecule has 0 aliphatic carbocycles. The van der Waals surface area contributed by atoms with Crippen molar-refractivity contribution in [3.05, 3.63) is 30.0 Å². The molecule has 0 aliphatic heterocycles. The second kappa shape index (κ2) is 4.37. The molecular weight excluding hydrogens is 228 g/mol. The van der Waals surface area contributed by atoms with Crippen LogP contribution in [-0.4, -0.2) is 12.3 Å². The lowest BCUT2D eigenvalue weighted by Crippen LogP contribution is -2.13. The zero-order valence-corrected chi connectivity index (χ0v) is 11.2. The van der Waals surface area contributed by atoms with Gasteiger partial charge in [0, 0.05) is 5.41 Å². The summed E-state index contributed by atoms with van der Waals surface area (Å²) in [5, 5.41) is 4.07. The molecule has 96 valence electrons. The first-order valence-corrected chi connectivity index (χ1v) is 5.83. The van der Waals surface area contributed by atoms with Crippen LogP contribution < -0.4 is 10.5 Å². The van der Waals surface area contributed by atoms with Crippen LogP contribution in [0.3, 0.4) is 0 Å². The van der Waals surface area contributed by atoms with Crippen molar-refractivity contribution in [3.63, 3.8) is 0 Å². The van der Waals surface area contributed by atoms with Gasteiger partial charge in [-0.2, -0.15) is 0 Å². The van der Waals surface area contributed by atoms with E-state index in [9.17, 15) is 0 Å². The molecule has 1 aromatic heterocycles. The quantitative estimate of drug-likeness (QED) is 0.883. The lowest BCUT2D eigenvalue weighted by molar-refractivity contribution is 0.405. The standard InChI is InChI=1S/C14H18N2O2/c1-14(2,3)12-11(13(15)18-16-12)9-5-7-10(17-4)8-6-9/h5-8H,15H2,1-4H3. The van der Waals surface area contributed by atoms with Crippen LogP contribution in [0.15, 0.2) is 28.8 Å². The van der Waals surface area contributed by atoms with Gasteiger partial charge >= 0.3 is 0 Å². The first kappa shape index (κ1) is 12.5. The van der Waals surface area contributed by atoms with Crippen LogP contribution in [0.2, 0.25) is 0 Å². The Bertz CT molecular complexity index is 536. The van der Waals surface area contributed by atoms with Gasteiger partial charge in [-0.05, 0) is 17.7 Å². The third-order valence-electron chi connectivity index (χ3n) is 2.81. The largest absolute Gasteiger partial charge is 0.497 e. The van der Waals surface area contributed by atoms with E-state index >= 15 is 0 Å². The third-order valence-corrected chi connectivity index (χ3v) is 2.81. The van der Waals surface area contributed by atoms with Gasteiger partial charge in [0.2, 0.25) is 5.88 Å². The van der Waals surface area contributed by atoms with Crippen LogP contribution in [0.25, 0.3) is 11.1 Å². The number of hydrogen-bond donors (Lipinski definition) is 1. The molecule has 4 heteroatoms. The Morgan fingerprint density at radius 1 is 1.17 bits per heavy atom. The molecule has 1 heterocycles. The lowest BCUT2D eigenvalue weighted by atomic mass is 9.87. The molecular formula is C14H18N2O2. The number of nitrogens with two attached hydrogens (primary N) is 1. The summed E-state index contributed by atoms with van der Waals surface area (Å²) in [6.07, 6.45) is 0. The number of aromatic nitrogens is 1. The summed E-state index contributed by atoms with van der Waals surface area (Å²) in [5.74, 6) is 1.16. The number of methoxy groups -OCH3 is 1. The van der Waals surface area contributed by atoms with E-state index in [2.05, 4.69) is 25.9 Å². The maximum absolute atomic E-state index is 5.88. The third kappa shape index (κ3) is 2.18. The molecule has 0 aliphatic rings. The van der Waals surface area contributed by atoms with E-state index in [1.807, 2.05) is 24.3 Å². The zero-order valence-electron chi connectivity index (χ0n) is 11.2. The van der Waals surface area contributed by atoms with E-state index in [4.69, 9.17) is 15.0 Å². The van der Waals surface area contributed by atoms with Gasteiger partial charge in [0.25, 0.3) is 0 Å². The Morgan fingerprint density at radius 2 is 1.78 bits per heavy atom. The summed E-state index contributed by atoms with van der Waals surface area (Å²) in [7, 11) is 1.64. The number of nitrogens with zero attached hydrogens (tertiary/aromatic N) is 1. The highest BCUT2D eigenvalue weighted by Crippen LogP contribution is 2.36. The van der Waals surface area contributed by atoms with Crippen molar-refractivity contribution in [1.82, 2.24) is 5.16 Å². The molecule has 2 rings (SSSR count). The lowest BCUT2D eigenvalue weighted by Gasteiger charge is -2.16. The molecule has 0 bridgehead atoms. The Hall–Kier alpha value is -1.97. The molecule has 2 aromatic rings. The fraction of sp³-hybridized carbons (Fsp3) is 0.357. The van der Waals surface area contributed by atoms with Crippen molar-refractivity contribution >= 4 is 5.88 Å². The maximum atomic E-state index is 5.88. The molecule has 4 nitrogen and oxygen atoms in total. The first-order chi connectivity index (χ1) is 8.43. The van der Waals surface area contributed by atoms with Gasteiger partial charge in [-0.1, -0.05) is 38.1 Å². The fourth-order valence-electron chi connectivity index (χ4n) is 1.85. The average molecular weight is 246 g/mol. The van der Waals surface area contributed by atoms with Crippen molar-refractivity contribution in [1.29, 1.82) is 0 Å². The van der Waals surface area contributed by atoms with Gasteiger partial charge in [-0.3, -0.25) is 0 Å². The minimum Gasteiger partial charge on any atom is -0.497 e. The van der Waals surface area contributed by atoms with Crippen LogP contribution in [0.1, 0.15) is 26.5 Å². The zero-order chi connectivity index (χ0) is 13.3. The Labute approximate surface area is 107 Å². The summed E-state index contributed by atoms with van der Waals surface area (Å²) in [4.78, 5) is 0. The average Bonchev–Trinajstić information content (AvgIpc) is 2.71. The van der Waals surface area contributed by atoms with Gasteiger partial charge in [0.15, 0.2) is 0 Å². The summed E-state index contributed by atoms with van der Waals surface area (Å²) in [6, 6.07) is 7.70. The molecule has 0 fully saturated rings. The molecule has 0 amide bonds. The maximum Gasteiger partial charge on any atom is 0.230 e. The van der Waals surface area contributed by atoms with E-state index in [1.165, 1.54) is 0 Å². The van der Waals surface area contributed by atoms with E-state index in [0.29, 0.717) is 5.88 Å². The molecule has 18 heavy (non-hydrogen) atoms. The predicted molar refractivity (Wildman–Crippen MR) is 71.6 cm³/mol. The van der Waals surface area contributed by atoms with Crippen LogP contribution in [0.5, 0.6) is 5.75 Å². The Balaban J connectivity index is 2.52. The van der Waals surface area contributed by atoms with Gasteiger partial charge in [0.1, 0.15) is 5.75 Å². The van der Waals surface area contributed by atoms with E-state index in [0.717, 1.165) is 22.6 Å². The number of hydrogen-bond acceptors (Lipinski definition) is 4. The van der Waals surface area contributed by atoms with E-state index in [1.54, 1.807) is 7.11 Å².